The van der Waals surface area contributed by atoms with Crippen LogP contribution in [0.5, 0.6) is 11.5 Å². The number of phenolic OH excluding ortho intramolecular Hbond substituents is 1. The maximum absolute atomic E-state index is 13.8. The molecule has 2 aromatic carbocycles. The van der Waals surface area contributed by atoms with E-state index in [0.29, 0.717) is 42.1 Å². The summed E-state index contributed by atoms with van der Waals surface area (Å²) in [6, 6.07) is 11.1. The zero-order valence-corrected chi connectivity index (χ0v) is 31.5. The van der Waals surface area contributed by atoms with Gasteiger partial charge in [-0.05, 0) is 120 Å². The third-order valence-corrected chi connectivity index (χ3v) is 8.59. The van der Waals surface area contributed by atoms with Crippen LogP contribution in [0.3, 0.4) is 0 Å². The van der Waals surface area contributed by atoms with Crippen molar-refractivity contribution >= 4 is 11.0 Å². The zero-order chi connectivity index (χ0) is 35.9. The summed E-state index contributed by atoms with van der Waals surface area (Å²) in [7, 11) is 0. The number of aromatic hydroxyl groups is 1. The van der Waals surface area contributed by atoms with Gasteiger partial charge < -0.3 is 14.3 Å². The number of phenols is 1. The van der Waals surface area contributed by atoms with Crippen molar-refractivity contribution in [2.45, 2.75) is 114 Å². The highest BCUT2D eigenvalue weighted by Crippen LogP contribution is 2.42. The number of rotatable bonds is 17. The second-order valence-corrected chi connectivity index (χ2v) is 14.0. The Bertz CT molecular complexity index is 1790. The molecule has 1 heterocycles. The molecule has 0 unspecified atom stereocenters. The molecule has 1 aromatic heterocycles. The molecule has 3 aromatic rings. The van der Waals surface area contributed by atoms with Crippen LogP contribution in [0.15, 0.2) is 116 Å². The van der Waals surface area contributed by atoms with E-state index in [1.807, 2.05) is 30.3 Å². The lowest BCUT2D eigenvalue weighted by atomic mass is 9.95. The molecule has 49 heavy (non-hydrogen) atoms. The van der Waals surface area contributed by atoms with Crippen LogP contribution in [0.1, 0.15) is 112 Å². The maximum atomic E-state index is 13.8. The highest BCUT2D eigenvalue weighted by molar-refractivity contribution is 5.91. The van der Waals surface area contributed by atoms with Crippen molar-refractivity contribution in [1.29, 1.82) is 0 Å². The van der Waals surface area contributed by atoms with Gasteiger partial charge in [-0.15, -0.1) is 0 Å². The van der Waals surface area contributed by atoms with Crippen LogP contribution in [-0.4, -0.2) is 11.7 Å². The Morgan fingerprint density at radius 3 is 1.67 bits per heavy atom. The van der Waals surface area contributed by atoms with Gasteiger partial charge in [0.1, 0.15) is 34.8 Å². The molecule has 4 nitrogen and oxygen atoms in total. The second kappa shape index (κ2) is 19.6. The highest BCUT2D eigenvalue weighted by Gasteiger charge is 2.24. The maximum Gasteiger partial charge on any atom is 0.197 e. The average molecular weight is 663 g/mol. The first-order valence-corrected chi connectivity index (χ1v) is 17.8. The van der Waals surface area contributed by atoms with E-state index in [4.69, 9.17) is 9.15 Å². The Morgan fingerprint density at radius 1 is 0.673 bits per heavy atom. The van der Waals surface area contributed by atoms with Crippen LogP contribution >= 0.6 is 0 Å². The van der Waals surface area contributed by atoms with Gasteiger partial charge in [0.05, 0.1) is 0 Å². The van der Waals surface area contributed by atoms with Crippen molar-refractivity contribution in [3.8, 4) is 22.8 Å². The molecule has 0 saturated carbocycles. The molecule has 0 fully saturated rings. The Balaban J connectivity index is 2.22. The van der Waals surface area contributed by atoms with Gasteiger partial charge in [0.25, 0.3) is 0 Å². The van der Waals surface area contributed by atoms with Crippen molar-refractivity contribution in [3.63, 3.8) is 0 Å². The molecule has 0 atom stereocenters. The van der Waals surface area contributed by atoms with Crippen molar-refractivity contribution in [3.05, 3.63) is 128 Å². The van der Waals surface area contributed by atoms with Crippen LogP contribution in [0.2, 0.25) is 0 Å². The van der Waals surface area contributed by atoms with E-state index in [9.17, 15) is 9.90 Å². The van der Waals surface area contributed by atoms with E-state index in [2.05, 4.69) is 98.8 Å². The number of hydrogen-bond acceptors (Lipinski definition) is 4. The summed E-state index contributed by atoms with van der Waals surface area (Å²) in [6.07, 6.45) is 19.9. The SMILES string of the molecule is CC(C)=CCC/C(C)=C/COc1c(C/C=C(\C)CCC=C(C)C)c(O)c2c(=O)cc(-c3ccccc3)oc2c1C/C=C(\C)CCC=C(C)C. The van der Waals surface area contributed by atoms with E-state index < -0.39 is 0 Å². The molecule has 1 N–H and O–H groups in total. The summed E-state index contributed by atoms with van der Waals surface area (Å²) in [5, 5.41) is 12.1. The summed E-state index contributed by atoms with van der Waals surface area (Å²) in [4.78, 5) is 13.8. The quantitative estimate of drug-likeness (QED) is 0.146. The van der Waals surface area contributed by atoms with Gasteiger partial charge in [0.15, 0.2) is 5.43 Å². The minimum atomic E-state index is -0.268. The summed E-state index contributed by atoms with van der Waals surface area (Å²) in [5.74, 6) is 0.990. The molecule has 0 amide bonds. The Labute approximate surface area is 295 Å². The van der Waals surface area contributed by atoms with Gasteiger partial charge >= 0.3 is 0 Å². The fraction of sp³-hybridized carbons (Fsp3) is 0.400. The minimum Gasteiger partial charge on any atom is -0.507 e. The molecule has 0 radical (unpaired) electrons. The first-order chi connectivity index (χ1) is 23.4. The molecule has 262 valence electrons. The normalized spacial score (nSPS) is 12.2. The molecule has 0 aliphatic carbocycles. The topological polar surface area (TPSA) is 59.7 Å². The Morgan fingerprint density at radius 2 is 1.16 bits per heavy atom. The van der Waals surface area contributed by atoms with Gasteiger partial charge in [0.2, 0.25) is 0 Å². The van der Waals surface area contributed by atoms with Crippen molar-refractivity contribution in [2.75, 3.05) is 6.61 Å². The van der Waals surface area contributed by atoms with Crippen LogP contribution in [0.25, 0.3) is 22.3 Å². The van der Waals surface area contributed by atoms with Crippen LogP contribution in [0.4, 0.5) is 0 Å². The first kappa shape index (κ1) is 39.1. The van der Waals surface area contributed by atoms with E-state index in [1.54, 1.807) is 0 Å². The predicted octanol–water partition coefficient (Wildman–Crippen LogP) is 12.7. The first-order valence-electron chi connectivity index (χ1n) is 17.8. The van der Waals surface area contributed by atoms with Gasteiger partial charge in [-0.3, -0.25) is 4.79 Å². The lowest BCUT2D eigenvalue weighted by Crippen LogP contribution is -2.09. The van der Waals surface area contributed by atoms with E-state index in [1.165, 1.54) is 39.5 Å². The second-order valence-electron chi connectivity index (χ2n) is 14.0. The monoisotopic (exact) mass is 662 g/mol. The highest BCUT2D eigenvalue weighted by atomic mass is 16.5. The van der Waals surface area contributed by atoms with Gasteiger partial charge in [-0.2, -0.15) is 0 Å². The van der Waals surface area contributed by atoms with Crippen molar-refractivity contribution in [1.82, 2.24) is 0 Å². The fourth-order valence-corrected chi connectivity index (χ4v) is 5.66. The number of benzene rings is 2. The smallest absolute Gasteiger partial charge is 0.197 e. The van der Waals surface area contributed by atoms with E-state index in [0.717, 1.165) is 49.7 Å². The minimum absolute atomic E-state index is 0.0658. The lowest BCUT2D eigenvalue weighted by Gasteiger charge is -2.19. The van der Waals surface area contributed by atoms with E-state index >= 15 is 0 Å². The van der Waals surface area contributed by atoms with Gasteiger partial charge in [0, 0.05) is 22.8 Å². The van der Waals surface area contributed by atoms with E-state index in [-0.39, 0.29) is 16.6 Å². The van der Waals surface area contributed by atoms with Crippen molar-refractivity contribution in [2.24, 2.45) is 0 Å². The number of allylic oxidation sites excluding steroid dienone is 11. The fourth-order valence-electron chi connectivity index (χ4n) is 5.66. The van der Waals surface area contributed by atoms with Gasteiger partial charge in [-0.25, -0.2) is 0 Å². The molecule has 0 aliphatic rings. The summed E-state index contributed by atoms with van der Waals surface area (Å²) in [6.45, 7) is 19.4. The third-order valence-electron chi connectivity index (χ3n) is 8.59. The molecular formula is C45H58O4. The molecule has 0 bridgehead atoms. The Kier molecular flexibility index (Phi) is 15.7. The summed E-state index contributed by atoms with van der Waals surface area (Å²) < 4.78 is 13.2. The predicted molar refractivity (Wildman–Crippen MR) is 210 cm³/mol. The molecular weight excluding hydrogens is 604 g/mol. The largest absolute Gasteiger partial charge is 0.507 e. The number of ether oxygens (including phenoxy) is 1. The van der Waals surface area contributed by atoms with Crippen LogP contribution < -0.4 is 10.2 Å². The van der Waals surface area contributed by atoms with Crippen molar-refractivity contribution < 1.29 is 14.3 Å². The zero-order valence-electron chi connectivity index (χ0n) is 31.5. The standard InChI is InChI=1S/C45H58O4/c1-31(2)16-13-19-34(7)24-26-38-43(47)42-40(46)30-41(37-22-11-10-12-23-37)49-45(42)39(27-25-35(8)20-14-17-32(3)4)44(38)48-29-28-36(9)21-15-18-33(5)6/h10-12,16-18,22-25,28,30,47H,13-15,19-21,26-27,29H2,1-9H3/b34-24+,35-25+,36-28+. The number of fused-ring (bicyclic) bond motifs is 1. The summed E-state index contributed by atoms with van der Waals surface area (Å²) >= 11 is 0. The van der Waals surface area contributed by atoms with Crippen LogP contribution in [-0.2, 0) is 12.8 Å². The Hall–Kier alpha value is -4.31. The third kappa shape index (κ3) is 12.6. The van der Waals surface area contributed by atoms with Gasteiger partial charge in [-0.1, -0.05) is 94.2 Å². The molecule has 3 rings (SSSR count). The molecule has 4 heteroatoms. The average Bonchev–Trinajstić information content (AvgIpc) is 3.03. The number of hydrogen-bond donors (Lipinski definition) is 1. The lowest BCUT2D eigenvalue weighted by molar-refractivity contribution is 0.350. The molecule has 0 aliphatic heterocycles. The molecule has 0 spiro atoms. The summed E-state index contributed by atoms with van der Waals surface area (Å²) in [5.41, 5.74) is 9.95. The molecule has 0 saturated heterocycles. The van der Waals surface area contributed by atoms with Crippen LogP contribution in [0, 0.1) is 0 Å².